The number of allylic oxidation sites excluding steroid dienone is 3. The van der Waals surface area contributed by atoms with Crippen LogP contribution >= 0.6 is 0 Å². The van der Waals surface area contributed by atoms with Crippen molar-refractivity contribution in [2.45, 2.75) is 111 Å². The SMILES string of the molecule is CC.CC.CCc1ccc(OCC2CC3CC(C3)N2C(=C2CC2)c2cc(C)ccc2C2CCC=CC=N2)nc1. The van der Waals surface area contributed by atoms with Gasteiger partial charge >= 0.3 is 0 Å². The third-order valence-corrected chi connectivity index (χ3v) is 8.24. The van der Waals surface area contributed by atoms with E-state index in [-0.39, 0.29) is 6.04 Å². The smallest absolute Gasteiger partial charge is 0.213 e. The monoisotopic (exact) mass is 527 g/mol. The van der Waals surface area contributed by atoms with Gasteiger partial charge in [-0.25, -0.2) is 4.98 Å². The molecule has 0 amide bonds. The first kappa shape index (κ1) is 29.1. The Morgan fingerprint density at radius 1 is 1.03 bits per heavy atom. The number of aryl methyl sites for hydroxylation is 2. The predicted molar refractivity (Wildman–Crippen MR) is 166 cm³/mol. The lowest BCUT2D eigenvalue weighted by atomic mass is 9.70. The molecule has 4 nitrogen and oxygen atoms in total. The normalized spacial score (nSPS) is 24.4. The molecule has 0 radical (unpaired) electrons. The second-order valence-corrected chi connectivity index (χ2v) is 10.8. The first-order chi connectivity index (χ1) is 19.2. The Balaban J connectivity index is 0.000000845. The molecule has 7 rings (SSSR count). The van der Waals surface area contributed by atoms with Crippen LogP contribution in [-0.4, -0.2) is 34.8 Å². The van der Waals surface area contributed by atoms with Crippen molar-refractivity contribution >= 4 is 11.9 Å². The Morgan fingerprint density at radius 2 is 1.82 bits per heavy atom. The molecule has 39 heavy (non-hydrogen) atoms. The molecule has 2 saturated carbocycles. The van der Waals surface area contributed by atoms with E-state index in [4.69, 9.17) is 9.73 Å². The molecular weight excluding hydrogens is 478 g/mol. The quantitative estimate of drug-likeness (QED) is 0.361. The van der Waals surface area contributed by atoms with E-state index in [1.807, 2.05) is 46.2 Å². The van der Waals surface area contributed by atoms with Crippen molar-refractivity contribution in [2.75, 3.05) is 6.61 Å². The molecule has 5 aliphatic rings. The molecule has 210 valence electrons. The van der Waals surface area contributed by atoms with Crippen LogP contribution in [0.15, 0.2) is 59.2 Å². The van der Waals surface area contributed by atoms with E-state index in [0.29, 0.717) is 18.7 Å². The average Bonchev–Trinajstić information content (AvgIpc) is 3.83. The number of aromatic nitrogens is 1. The maximum absolute atomic E-state index is 6.31. The number of nitrogens with zero attached hydrogens (tertiary/aromatic N) is 3. The number of rotatable bonds is 7. The van der Waals surface area contributed by atoms with Crippen molar-refractivity contribution in [3.8, 4) is 5.88 Å². The van der Waals surface area contributed by atoms with Gasteiger partial charge in [0.1, 0.15) is 6.61 Å². The summed E-state index contributed by atoms with van der Waals surface area (Å²) in [6.07, 6.45) is 17.7. The zero-order valence-electron chi connectivity index (χ0n) is 25.1. The van der Waals surface area contributed by atoms with Crippen LogP contribution in [0.25, 0.3) is 5.70 Å². The minimum Gasteiger partial charge on any atom is -0.475 e. The van der Waals surface area contributed by atoms with Gasteiger partial charge in [-0.05, 0) is 93.1 Å². The second kappa shape index (κ2) is 14.0. The van der Waals surface area contributed by atoms with Crippen LogP contribution in [0.5, 0.6) is 5.88 Å². The maximum Gasteiger partial charge on any atom is 0.213 e. The lowest BCUT2D eigenvalue weighted by Gasteiger charge is -2.55. The van der Waals surface area contributed by atoms with E-state index < -0.39 is 0 Å². The first-order valence-corrected chi connectivity index (χ1v) is 15.6. The molecule has 3 aliphatic heterocycles. The molecule has 4 heteroatoms. The van der Waals surface area contributed by atoms with Gasteiger partial charge in [-0.1, -0.05) is 64.5 Å². The third kappa shape index (κ3) is 6.83. The fraction of sp³-hybridized carbons (Fsp3) is 0.543. The van der Waals surface area contributed by atoms with Crippen molar-refractivity contribution in [3.63, 3.8) is 0 Å². The molecule has 1 aromatic carbocycles. The molecule has 2 atom stereocenters. The summed E-state index contributed by atoms with van der Waals surface area (Å²) in [6.45, 7) is 13.1. The number of piperidine rings is 2. The van der Waals surface area contributed by atoms with E-state index in [0.717, 1.165) is 31.1 Å². The van der Waals surface area contributed by atoms with Gasteiger partial charge in [0.2, 0.25) is 5.88 Å². The highest BCUT2D eigenvalue weighted by Crippen LogP contribution is 2.51. The third-order valence-electron chi connectivity index (χ3n) is 8.24. The maximum atomic E-state index is 6.31. The number of pyridine rings is 1. The standard InChI is InChI=1S/C31H37N3O.2C2H6/c1-3-22-9-13-30(33-19-22)35-20-26-18-23-16-25(17-23)34(26)31(24-10-11-24)28-15-21(2)8-12-27(28)29-7-5-4-6-14-32-29;2*1-2/h4,6,8-9,12-15,19,23,25-26,29H,3,5,7,10-11,16-18,20H2,1-2H3;2*1-2H3. The Labute approximate surface area is 237 Å². The lowest BCUT2D eigenvalue weighted by Crippen LogP contribution is -2.57. The zero-order valence-corrected chi connectivity index (χ0v) is 25.1. The molecule has 4 fully saturated rings. The van der Waals surface area contributed by atoms with E-state index in [1.54, 1.807) is 5.57 Å². The molecule has 2 aromatic rings. The fourth-order valence-corrected chi connectivity index (χ4v) is 6.17. The van der Waals surface area contributed by atoms with Crippen molar-refractivity contribution in [2.24, 2.45) is 10.9 Å². The Kier molecular flexibility index (Phi) is 10.4. The summed E-state index contributed by atoms with van der Waals surface area (Å²) in [6, 6.07) is 12.5. The van der Waals surface area contributed by atoms with Crippen molar-refractivity contribution in [1.82, 2.24) is 9.88 Å². The highest BCUT2D eigenvalue weighted by atomic mass is 16.5. The molecule has 0 spiro atoms. The first-order valence-electron chi connectivity index (χ1n) is 15.6. The van der Waals surface area contributed by atoms with Crippen LogP contribution in [0.4, 0.5) is 0 Å². The average molecular weight is 528 g/mol. The number of ether oxygens (including phenoxy) is 1. The van der Waals surface area contributed by atoms with Gasteiger partial charge in [0.15, 0.2) is 0 Å². The van der Waals surface area contributed by atoms with Gasteiger partial charge in [-0.2, -0.15) is 0 Å². The molecule has 1 aromatic heterocycles. The number of aliphatic imine (C=N–C) groups is 1. The molecule has 0 N–H and O–H groups in total. The van der Waals surface area contributed by atoms with Gasteiger partial charge in [0.05, 0.1) is 12.1 Å². The molecule has 2 bridgehead atoms. The van der Waals surface area contributed by atoms with E-state index in [9.17, 15) is 0 Å². The topological polar surface area (TPSA) is 37.7 Å². The van der Waals surface area contributed by atoms with Crippen molar-refractivity contribution < 1.29 is 4.74 Å². The highest BCUT2D eigenvalue weighted by molar-refractivity contribution is 5.75. The second-order valence-electron chi connectivity index (χ2n) is 10.8. The van der Waals surface area contributed by atoms with Gasteiger partial charge in [-0.3, -0.25) is 4.99 Å². The predicted octanol–water partition coefficient (Wildman–Crippen LogP) is 8.90. The summed E-state index contributed by atoms with van der Waals surface area (Å²) in [5.41, 5.74) is 8.51. The number of hydrogen-bond donors (Lipinski definition) is 0. The van der Waals surface area contributed by atoms with Crippen LogP contribution < -0.4 is 4.74 Å². The van der Waals surface area contributed by atoms with E-state index in [1.165, 1.54) is 60.1 Å². The Hall–Kier alpha value is -2.88. The van der Waals surface area contributed by atoms with Gasteiger partial charge < -0.3 is 9.64 Å². The lowest BCUT2D eigenvalue weighted by molar-refractivity contribution is -0.00732. The van der Waals surface area contributed by atoms with Crippen molar-refractivity contribution in [1.29, 1.82) is 0 Å². The number of hydrogen-bond acceptors (Lipinski definition) is 4. The summed E-state index contributed by atoms with van der Waals surface area (Å²) in [5, 5.41) is 0. The number of fused-ring (bicyclic) bond motifs is 2. The van der Waals surface area contributed by atoms with Gasteiger partial charge in [0.25, 0.3) is 0 Å². The van der Waals surface area contributed by atoms with Crippen LogP contribution in [0.3, 0.4) is 0 Å². The Morgan fingerprint density at radius 3 is 2.51 bits per heavy atom. The largest absolute Gasteiger partial charge is 0.475 e. The summed E-state index contributed by atoms with van der Waals surface area (Å²) >= 11 is 0. The molecule has 4 heterocycles. The minimum atomic E-state index is 0.227. The molecule has 2 aliphatic carbocycles. The molecule has 2 saturated heterocycles. The molecular formula is C35H49N3O. The summed E-state index contributed by atoms with van der Waals surface area (Å²) in [7, 11) is 0. The number of benzene rings is 1. The van der Waals surface area contributed by atoms with Gasteiger partial charge in [0, 0.05) is 35.8 Å². The minimum absolute atomic E-state index is 0.227. The van der Waals surface area contributed by atoms with Crippen LogP contribution in [0.1, 0.15) is 108 Å². The highest BCUT2D eigenvalue weighted by Gasteiger charge is 2.46. The summed E-state index contributed by atoms with van der Waals surface area (Å²) in [4.78, 5) is 12.3. The Bertz CT molecular complexity index is 1150. The summed E-state index contributed by atoms with van der Waals surface area (Å²) < 4.78 is 6.31. The van der Waals surface area contributed by atoms with Crippen LogP contribution in [0.2, 0.25) is 0 Å². The van der Waals surface area contributed by atoms with E-state index >= 15 is 0 Å². The van der Waals surface area contributed by atoms with Gasteiger partial charge in [-0.15, -0.1) is 0 Å². The van der Waals surface area contributed by atoms with Crippen LogP contribution in [-0.2, 0) is 6.42 Å². The van der Waals surface area contributed by atoms with Crippen LogP contribution in [0, 0.1) is 12.8 Å². The molecule has 2 unspecified atom stereocenters. The summed E-state index contributed by atoms with van der Waals surface area (Å²) in [5.74, 6) is 1.60. The van der Waals surface area contributed by atoms with Crippen molar-refractivity contribution in [3.05, 3.63) is 76.5 Å². The van der Waals surface area contributed by atoms with E-state index in [2.05, 4.69) is 60.1 Å². The fourth-order valence-electron chi connectivity index (χ4n) is 6.17. The zero-order chi connectivity index (χ0) is 27.8.